The third-order valence-corrected chi connectivity index (χ3v) is 3.99. The van der Waals surface area contributed by atoms with Crippen LogP contribution in [0.5, 0.6) is 5.75 Å². The van der Waals surface area contributed by atoms with Crippen LogP contribution in [0.2, 0.25) is 0 Å². The van der Waals surface area contributed by atoms with Crippen LogP contribution in [0, 0.1) is 0 Å². The summed E-state index contributed by atoms with van der Waals surface area (Å²) in [6, 6.07) is 10.6. The number of rotatable bonds is 5. The Labute approximate surface area is 134 Å². The number of aromatic amines is 1. The fourth-order valence-corrected chi connectivity index (χ4v) is 2.77. The normalized spacial score (nSPS) is 15.1. The molecule has 1 aromatic heterocycles. The molecular weight excluding hydrogens is 290 g/mol. The second kappa shape index (κ2) is 7.09. The minimum Gasteiger partial charge on any atom is -0.490 e. The number of pyridine rings is 1. The van der Waals surface area contributed by atoms with Crippen LogP contribution in [0.15, 0.2) is 53.5 Å². The molecule has 0 spiro atoms. The van der Waals surface area contributed by atoms with E-state index in [0.29, 0.717) is 5.56 Å². The molecule has 23 heavy (non-hydrogen) atoms. The second-order valence-corrected chi connectivity index (χ2v) is 5.70. The third kappa shape index (κ3) is 3.97. The van der Waals surface area contributed by atoms with Crippen LogP contribution in [-0.4, -0.2) is 16.9 Å². The zero-order valence-electron chi connectivity index (χ0n) is 12.8. The van der Waals surface area contributed by atoms with Crippen molar-refractivity contribution < 1.29 is 9.53 Å². The van der Waals surface area contributed by atoms with Gasteiger partial charge in [-0.05, 0) is 50.0 Å². The standard InChI is InChI=1S/C19H19NO3/c21-17(15-11-12-20-19(22)13-15)10-9-14-5-1-4-8-18(14)23-16-6-2-3-7-16/h1,4-5,8-13,16H,2-3,6-7H2,(H,20,22)/b10-9+. The SMILES string of the molecule is O=C(/C=C/c1ccccc1OC1CCCC1)c1cc[nH]c(=O)c1. The van der Waals surface area contributed by atoms with Crippen LogP contribution < -0.4 is 10.3 Å². The molecule has 0 atom stereocenters. The van der Waals surface area contributed by atoms with Crippen molar-refractivity contribution in [1.82, 2.24) is 4.98 Å². The molecule has 0 bridgehead atoms. The quantitative estimate of drug-likeness (QED) is 0.678. The van der Waals surface area contributed by atoms with E-state index in [1.165, 1.54) is 31.2 Å². The summed E-state index contributed by atoms with van der Waals surface area (Å²) in [5, 5.41) is 0. The van der Waals surface area contributed by atoms with Crippen LogP contribution in [0.3, 0.4) is 0 Å². The number of carbonyl (C=O) groups is 1. The molecule has 0 aliphatic heterocycles. The monoisotopic (exact) mass is 309 g/mol. The van der Waals surface area contributed by atoms with E-state index < -0.39 is 0 Å². The van der Waals surface area contributed by atoms with E-state index in [-0.39, 0.29) is 17.4 Å². The summed E-state index contributed by atoms with van der Waals surface area (Å²) < 4.78 is 6.05. The highest BCUT2D eigenvalue weighted by atomic mass is 16.5. The molecule has 1 N–H and O–H groups in total. The van der Waals surface area contributed by atoms with Crippen molar-refractivity contribution >= 4 is 11.9 Å². The number of H-pyrrole nitrogens is 1. The second-order valence-electron chi connectivity index (χ2n) is 5.70. The van der Waals surface area contributed by atoms with E-state index in [0.717, 1.165) is 24.2 Å². The number of aromatic nitrogens is 1. The molecule has 3 rings (SSSR count). The molecule has 1 aliphatic rings. The summed E-state index contributed by atoms with van der Waals surface area (Å²) in [4.78, 5) is 25.9. The Morgan fingerprint density at radius 1 is 1.17 bits per heavy atom. The molecule has 0 amide bonds. The van der Waals surface area contributed by atoms with E-state index in [1.54, 1.807) is 12.1 Å². The first-order valence-electron chi connectivity index (χ1n) is 7.89. The summed E-state index contributed by atoms with van der Waals surface area (Å²) >= 11 is 0. The van der Waals surface area contributed by atoms with Crippen LogP contribution in [0.1, 0.15) is 41.6 Å². The Kier molecular flexibility index (Phi) is 4.71. The lowest BCUT2D eigenvalue weighted by molar-refractivity contribution is 0.104. The number of ketones is 1. The number of para-hydroxylation sites is 1. The number of carbonyl (C=O) groups excluding carboxylic acids is 1. The predicted octanol–water partition coefficient (Wildman–Crippen LogP) is 3.59. The number of hydrogen-bond donors (Lipinski definition) is 1. The highest BCUT2D eigenvalue weighted by Gasteiger charge is 2.17. The molecule has 2 aromatic rings. The van der Waals surface area contributed by atoms with Crippen molar-refractivity contribution in [2.24, 2.45) is 0 Å². The minimum atomic E-state index is -0.283. The molecule has 118 valence electrons. The van der Waals surface area contributed by atoms with E-state index in [4.69, 9.17) is 4.74 Å². The van der Waals surface area contributed by atoms with Crippen molar-refractivity contribution in [3.05, 3.63) is 70.2 Å². The van der Waals surface area contributed by atoms with Gasteiger partial charge in [-0.15, -0.1) is 0 Å². The van der Waals surface area contributed by atoms with Gasteiger partial charge in [0.25, 0.3) is 0 Å². The Bertz CT molecular complexity index is 770. The van der Waals surface area contributed by atoms with E-state index in [1.807, 2.05) is 24.3 Å². The molecule has 1 aliphatic carbocycles. The first-order valence-corrected chi connectivity index (χ1v) is 7.89. The van der Waals surface area contributed by atoms with Gasteiger partial charge >= 0.3 is 0 Å². The summed E-state index contributed by atoms with van der Waals surface area (Å²) in [6.07, 6.45) is 9.56. The fraction of sp³-hybridized carbons (Fsp3) is 0.263. The van der Waals surface area contributed by atoms with Crippen LogP contribution in [-0.2, 0) is 0 Å². The maximum atomic E-state index is 12.1. The van der Waals surface area contributed by atoms with Gasteiger partial charge in [0.2, 0.25) is 5.56 Å². The summed E-state index contributed by atoms with van der Waals surface area (Å²) in [5.74, 6) is 0.598. The van der Waals surface area contributed by atoms with Crippen LogP contribution in [0.4, 0.5) is 0 Å². The van der Waals surface area contributed by atoms with E-state index in [9.17, 15) is 9.59 Å². The molecule has 0 saturated heterocycles. The zero-order valence-corrected chi connectivity index (χ0v) is 12.8. The van der Waals surface area contributed by atoms with Crippen molar-refractivity contribution in [1.29, 1.82) is 0 Å². The summed E-state index contributed by atoms with van der Waals surface area (Å²) in [6.45, 7) is 0. The maximum Gasteiger partial charge on any atom is 0.248 e. The predicted molar refractivity (Wildman–Crippen MR) is 89.8 cm³/mol. The minimum absolute atomic E-state index is 0.202. The number of nitrogens with one attached hydrogen (secondary N) is 1. The summed E-state index contributed by atoms with van der Waals surface area (Å²) in [5.41, 5.74) is 0.964. The van der Waals surface area contributed by atoms with Crippen molar-refractivity contribution in [2.45, 2.75) is 31.8 Å². The molecule has 0 unspecified atom stereocenters. The first-order chi connectivity index (χ1) is 11.2. The largest absolute Gasteiger partial charge is 0.490 e. The highest BCUT2D eigenvalue weighted by molar-refractivity contribution is 6.06. The van der Waals surface area contributed by atoms with Gasteiger partial charge < -0.3 is 9.72 Å². The Hall–Kier alpha value is -2.62. The van der Waals surface area contributed by atoms with Gasteiger partial charge in [-0.25, -0.2) is 0 Å². The molecule has 1 fully saturated rings. The van der Waals surface area contributed by atoms with Crippen LogP contribution in [0.25, 0.3) is 6.08 Å². The number of ether oxygens (including phenoxy) is 1. The van der Waals surface area contributed by atoms with Crippen LogP contribution >= 0.6 is 0 Å². The molecule has 4 nitrogen and oxygen atoms in total. The van der Waals surface area contributed by atoms with E-state index >= 15 is 0 Å². The maximum absolute atomic E-state index is 12.1. The summed E-state index contributed by atoms with van der Waals surface area (Å²) in [7, 11) is 0. The van der Waals surface area contributed by atoms with Gasteiger partial charge in [0.1, 0.15) is 5.75 Å². The van der Waals surface area contributed by atoms with Gasteiger partial charge in [0.05, 0.1) is 6.10 Å². The third-order valence-electron chi connectivity index (χ3n) is 3.99. The molecular formula is C19H19NO3. The van der Waals surface area contributed by atoms with Crippen molar-refractivity contribution in [3.8, 4) is 5.75 Å². The Morgan fingerprint density at radius 3 is 2.74 bits per heavy atom. The van der Waals surface area contributed by atoms with Gasteiger partial charge in [0.15, 0.2) is 5.78 Å². The molecule has 1 saturated carbocycles. The fourth-order valence-electron chi connectivity index (χ4n) is 2.77. The molecule has 0 radical (unpaired) electrons. The lowest BCUT2D eigenvalue weighted by Gasteiger charge is -2.14. The molecule has 1 heterocycles. The first kappa shape index (κ1) is 15.3. The van der Waals surface area contributed by atoms with Crippen molar-refractivity contribution in [3.63, 3.8) is 0 Å². The van der Waals surface area contributed by atoms with Gasteiger partial charge in [-0.1, -0.05) is 18.2 Å². The number of benzene rings is 1. The van der Waals surface area contributed by atoms with Gasteiger partial charge in [0, 0.05) is 23.4 Å². The molecule has 4 heteroatoms. The van der Waals surface area contributed by atoms with Gasteiger partial charge in [-0.2, -0.15) is 0 Å². The number of hydrogen-bond acceptors (Lipinski definition) is 3. The average molecular weight is 309 g/mol. The number of allylic oxidation sites excluding steroid dienone is 1. The lowest BCUT2D eigenvalue weighted by atomic mass is 10.1. The highest BCUT2D eigenvalue weighted by Crippen LogP contribution is 2.27. The molecule has 1 aromatic carbocycles. The average Bonchev–Trinajstić information content (AvgIpc) is 3.07. The Morgan fingerprint density at radius 2 is 1.96 bits per heavy atom. The smallest absolute Gasteiger partial charge is 0.248 e. The van der Waals surface area contributed by atoms with E-state index in [2.05, 4.69) is 4.98 Å². The zero-order chi connectivity index (χ0) is 16.1. The Balaban J connectivity index is 1.76. The van der Waals surface area contributed by atoms with Gasteiger partial charge in [-0.3, -0.25) is 9.59 Å². The lowest BCUT2D eigenvalue weighted by Crippen LogP contribution is -2.11. The topological polar surface area (TPSA) is 59.2 Å². The van der Waals surface area contributed by atoms with Crippen molar-refractivity contribution in [2.75, 3.05) is 0 Å².